The number of carboxylic acid groups (broad SMARTS) is 1. The van der Waals surface area contributed by atoms with Crippen LogP contribution >= 0.6 is 0 Å². The number of unbranched alkanes of at least 4 members (excludes halogenated alkanes) is 2. The van der Waals surface area contributed by atoms with E-state index in [0.29, 0.717) is 57.4 Å². The van der Waals surface area contributed by atoms with Crippen molar-refractivity contribution in [3.8, 4) is 5.75 Å². The Morgan fingerprint density at radius 1 is 0.889 bits per heavy atom. The van der Waals surface area contributed by atoms with E-state index in [1.54, 1.807) is 4.90 Å². The van der Waals surface area contributed by atoms with Crippen molar-refractivity contribution in [2.75, 3.05) is 78.6 Å². The average Bonchev–Trinajstić information content (AvgIpc) is 3.49. The van der Waals surface area contributed by atoms with Crippen LogP contribution in [0.3, 0.4) is 0 Å². The second-order valence-electron chi connectivity index (χ2n) is 18.4. The first kappa shape index (κ1) is 52.9. The molecule has 0 saturated carbocycles. The van der Waals surface area contributed by atoms with Gasteiger partial charge in [0.15, 0.2) is 6.10 Å². The van der Waals surface area contributed by atoms with Gasteiger partial charge in [0.25, 0.3) is 0 Å². The van der Waals surface area contributed by atoms with Gasteiger partial charge in [-0.1, -0.05) is 54.0 Å². The summed E-state index contributed by atoms with van der Waals surface area (Å²) in [7, 11) is 3.79. The third-order valence-electron chi connectivity index (χ3n) is 10.2. The zero-order chi connectivity index (χ0) is 47.1. The molecule has 1 unspecified atom stereocenters. The van der Waals surface area contributed by atoms with Crippen molar-refractivity contribution in [1.82, 2.24) is 20.0 Å². The molecule has 2 aliphatic rings. The lowest BCUT2D eigenvalue weighted by molar-refractivity contribution is -0.271. The van der Waals surface area contributed by atoms with Crippen molar-refractivity contribution in [2.45, 2.75) is 111 Å². The third kappa shape index (κ3) is 17.6. The molecule has 0 spiro atoms. The van der Waals surface area contributed by atoms with E-state index in [-0.39, 0.29) is 85.3 Å². The van der Waals surface area contributed by atoms with Gasteiger partial charge in [0, 0.05) is 45.6 Å². The molecule has 1 aromatic rings. The number of carbonyl (C=O) groups excluding carboxylic acids is 5. The number of benzene rings is 1. The van der Waals surface area contributed by atoms with Gasteiger partial charge in [-0.25, -0.2) is 9.59 Å². The quantitative estimate of drug-likeness (QED) is 0.0636. The summed E-state index contributed by atoms with van der Waals surface area (Å²) < 4.78 is 27.6. The first-order valence-electron chi connectivity index (χ1n) is 21.3. The highest BCUT2D eigenvalue weighted by Gasteiger charge is 2.48. The number of likely N-dealkylation sites (tertiary alicyclic amines) is 1. The van der Waals surface area contributed by atoms with Crippen LogP contribution in [0.4, 0.5) is 10.5 Å². The first-order valence-corrected chi connectivity index (χ1v) is 21.3. The van der Waals surface area contributed by atoms with E-state index in [1.165, 1.54) is 23.1 Å². The number of aliphatic hydroxyl groups excluding tert-OH is 3. The van der Waals surface area contributed by atoms with E-state index in [0.717, 1.165) is 0 Å². The highest BCUT2D eigenvalue weighted by Crippen LogP contribution is 2.36. The Bertz CT molecular complexity index is 1700. The molecular formula is C43H69N5O15. The number of carbonyl (C=O) groups is 6. The zero-order valence-electron chi connectivity index (χ0n) is 37.9. The number of anilines is 1. The molecule has 0 aromatic heterocycles. The number of likely N-dealkylation sites (N-methyl/N-ethyl adjacent to an activating group) is 1. The molecule has 1 aromatic carbocycles. The molecule has 356 valence electrons. The Morgan fingerprint density at radius 2 is 1.59 bits per heavy atom. The van der Waals surface area contributed by atoms with Crippen LogP contribution in [0.5, 0.6) is 5.75 Å². The molecule has 63 heavy (non-hydrogen) atoms. The Morgan fingerprint density at radius 3 is 2.22 bits per heavy atom. The number of hydrogen-bond acceptors (Lipinski definition) is 15. The van der Waals surface area contributed by atoms with Gasteiger partial charge in [-0.3, -0.25) is 24.1 Å². The molecule has 2 fully saturated rings. The maximum atomic E-state index is 13.2. The number of carboxylic acids is 1. The van der Waals surface area contributed by atoms with Crippen LogP contribution in [0.15, 0.2) is 18.2 Å². The molecule has 2 aliphatic heterocycles. The molecule has 3 rings (SSSR count). The summed E-state index contributed by atoms with van der Waals surface area (Å²) in [6.07, 6.45) is -7.52. The summed E-state index contributed by atoms with van der Waals surface area (Å²) in [4.78, 5) is 79.9. The number of imide groups is 1. The molecule has 6 N–H and O–H groups in total. The van der Waals surface area contributed by atoms with Crippen molar-refractivity contribution in [3.05, 3.63) is 23.8 Å². The van der Waals surface area contributed by atoms with Crippen LogP contribution < -0.4 is 15.4 Å². The number of hydrogen-bond donors (Lipinski definition) is 6. The van der Waals surface area contributed by atoms with E-state index in [4.69, 9.17) is 23.7 Å². The van der Waals surface area contributed by atoms with Gasteiger partial charge in [0.1, 0.15) is 37.3 Å². The minimum absolute atomic E-state index is 0.0117. The van der Waals surface area contributed by atoms with Crippen LogP contribution in [0.1, 0.15) is 79.2 Å². The largest absolute Gasteiger partial charge is 0.479 e. The van der Waals surface area contributed by atoms with Gasteiger partial charge in [-0.05, 0) is 55.5 Å². The summed E-state index contributed by atoms with van der Waals surface area (Å²) in [6.45, 7) is 13.7. The molecule has 6 atom stereocenters. The summed E-state index contributed by atoms with van der Waals surface area (Å²) in [5.41, 5.74) is -0.0324. The lowest BCUT2D eigenvalue weighted by atomic mass is 9.80. The maximum Gasteiger partial charge on any atom is 0.410 e. The molecule has 0 aliphatic carbocycles. The fourth-order valence-corrected chi connectivity index (χ4v) is 6.76. The summed E-state index contributed by atoms with van der Waals surface area (Å²) in [5.74, 6) is -3.06. The van der Waals surface area contributed by atoms with E-state index < -0.39 is 55.3 Å². The predicted octanol–water partition coefficient (Wildman–Crippen LogP) is 1.57. The molecule has 0 radical (unpaired) electrons. The van der Waals surface area contributed by atoms with Crippen LogP contribution in [0.2, 0.25) is 0 Å². The predicted molar refractivity (Wildman–Crippen MR) is 227 cm³/mol. The van der Waals surface area contributed by atoms with Gasteiger partial charge in [-0.15, -0.1) is 0 Å². The van der Waals surface area contributed by atoms with Crippen molar-refractivity contribution in [3.63, 3.8) is 0 Å². The average molecular weight is 896 g/mol. The van der Waals surface area contributed by atoms with Crippen LogP contribution in [-0.4, -0.2) is 175 Å². The number of rotatable bonds is 24. The fourth-order valence-electron chi connectivity index (χ4n) is 6.76. The second kappa shape index (κ2) is 24.6. The van der Waals surface area contributed by atoms with Crippen LogP contribution in [-0.2, 0) is 49.5 Å². The summed E-state index contributed by atoms with van der Waals surface area (Å²) in [6, 6.07) is 4.34. The van der Waals surface area contributed by atoms with Gasteiger partial charge in [-0.2, -0.15) is 0 Å². The SMILES string of the molecule is CN(C)CCN(CC(C)(C)C)C(=O)OCc1ccc(O[C@@H]2O[C@H](C(=O)O)[C@@H](O)[C@H](O)[C@H]2O)c(NC(=O)COCCOCCNC(=O)CCCCCN2C(=O)CC(C(C)(C)C)C2=O)c1. The Labute approximate surface area is 369 Å². The molecule has 2 saturated heterocycles. The van der Waals surface area contributed by atoms with E-state index in [2.05, 4.69) is 10.6 Å². The monoisotopic (exact) mass is 895 g/mol. The van der Waals surface area contributed by atoms with Crippen molar-refractivity contribution < 1.29 is 72.9 Å². The number of amides is 5. The Balaban J connectivity index is 1.47. The number of nitrogens with zero attached hydrogens (tertiary/aromatic N) is 3. The normalized spacial score (nSPS) is 21.7. The van der Waals surface area contributed by atoms with Gasteiger partial charge < -0.3 is 64.5 Å². The third-order valence-corrected chi connectivity index (χ3v) is 10.2. The number of aliphatic hydroxyl groups is 3. The fraction of sp³-hybridized carbons (Fsp3) is 0.721. The minimum atomic E-state index is -1.94. The van der Waals surface area contributed by atoms with Crippen LogP contribution in [0, 0.1) is 16.7 Å². The molecule has 0 bridgehead atoms. The number of ether oxygens (including phenoxy) is 5. The topological polar surface area (TPSA) is 263 Å². The maximum absolute atomic E-state index is 13.2. The lowest BCUT2D eigenvalue weighted by Crippen LogP contribution is -2.61. The standard InChI is InChI=1S/C43H69N5O15/c1-42(2,3)26-47(18-17-46(7)8)41(58)61-24-27-13-14-30(62-40-36(54)34(52)35(53)37(63-40)39(56)57)29(22-27)45-32(50)25-60-21-20-59-19-15-44-31(49)12-10-9-11-16-48-33(51)23-28(38(48)55)43(4,5)6/h13-14,22,28,34-37,40,52-54H,9-12,15-21,23-26H2,1-8H3,(H,44,49)(H,45,50)(H,56,57)/t28?,34-,35-,36+,37-,40+/m0/s1. The lowest BCUT2D eigenvalue weighted by Gasteiger charge is -2.38. The summed E-state index contributed by atoms with van der Waals surface area (Å²) in [5, 5.41) is 45.8. The van der Waals surface area contributed by atoms with E-state index in [1.807, 2.05) is 60.5 Å². The number of nitrogens with one attached hydrogen (secondary N) is 2. The first-order chi connectivity index (χ1) is 29.5. The van der Waals surface area contributed by atoms with Gasteiger partial charge in [0.2, 0.25) is 29.9 Å². The van der Waals surface area contributed by atoms with Gasteiger partial charge in [0.05, 0.1) is 31.4 Å². The van der Waals surface area contributed by atoms with Crippen molar-refractivity contribution in [2.24, 2.45) is 16.7 Å². The van der Waals surface area contributed by atoms with Crippen molar-refractivity contribution in [1.29, 1.82) is 0 Å². The molecule has 2 heterocycles. The van der Waals surface area contributed by atoms with E-state index in [9.17, 15) is 49.2 Å². The smallest absolute Gasteiger partial charge is 0.410 e. The molecular weight excluding hydrogens is 826 g/mol. The highest BCUT2D eigenvalue weighted by molar-refractivity contribution is 6.03. The van der Waals surface area contributed by atoms with Gasteiger partial charge >= 0.3 is 12.1 Å². The Kier molecular flexibility index (Phi) is 20.6. The zero-order valence-corrected chi connectivity index (χ0v) is 37.9. The molecule has 20 nitrogen and oxygen atoms in total. The van der Waals surface area contributed by atoms with E-state index >= 15 is 0 Å². The van der Waals surface area contributed by atoms with Crippen molar-refractivity contribution >= 4 is 41.4 Å². The highest BCUT2D eigenvalue weighted by atomic mass is 16.7. The van der Waals surface area contributed by atoms with Crippen LogP contribution in [0.25, 0.3) is 0 Å². The molecule has 20 heteroatoms. The summed E-state index contributed by atoms with van der Waals surface area (Å²) >= 11 is 0. The number of aliphatic carboxylic acids is 1. The minimum Gasteiger partial charge on any atom is -0.479 e. The Hall–Kier alpha value is -4.44. The second-order valence-corrected chi connectivity index (χ2v) is 18.4. The molecule has 5 amide bonds.